The highest BCUT2D eigenvalue weighted by Crippen LogP contribution is 2.10. The summed E-state index contributed by atoms with van der Waals surface area (Å²) in [6.45, 7) is 0. The van der Waals surface area contributed by atoms with Crippen molar-refractivity contribution in [1.82, 2.24) is 4.98 Å². The average molecular weight is 266 g/mol. The Balaban J connectivity index is 2.11. The number of hydrogen-bond donors (Lipinski definition) is 0. The van der Waals surface area contributed by atoms with Crippen LogP contribution in [-0.2, 0) is 6.42 Å². The maximum Gasteiger partial charge on any atom is 0.188 e. The third kappa shape index (κ3) is 2.53. The molecular weight excluding hydrogens is 258 g/mol. The number of pyridine rings is 1. The number of Topliss-reactive ketones (excluding diaryl/α,β-unsaturated/α-hetero) is 1. The number of carbonyl (C=O) groups is 1. The molecule has 4 heteroatoms. The van der Waals surface area contributed by atoms with Crippen molar-refractivity contribution in [3.8, 4) is 0 Å². The van der Waals surface area contributed by atoms with E-state index in [-0.39, 0.29) is 12.2 Å². The minimum absolute atomic E-state index is 0.0440. The van der Waals surface area contributed by atoms with E-state index in [9.17, 15) is 4.79 Å². The van der Waals surface area contributed by atoms with Crippen molar-refractivity contribution in [2.24, 2.45) is 0 Å². The van der Waals surface area contributed by atoms with Crippen molar-refractivity contribution in [3.63, 3.8) is 0 Å². The summed E-state index contributed by atoms with van der Waals surface area (Å²) in [7, 11) is 0. The molecule has 76 valence electrons. The van der Waals surface area contributed by atoms with Gasteiger partial charge in [0.05, 0.1) is 12.7 Å². The van der Waals surface area contributed by atoms with Gasteiger partial charge in [0.2, 0.25) is 0 Å². The number of aromatic nitrogens is 1. The van der Waals surface area contributed by atoms with Gasteiger partial charge < -0.3 is 4.42 Å². The predicted octanol–water partition coefficient (Wildman–Crippen LogP) is 2.86. The molecule has 0 amide bonds. The first-order valence-electron chi connectivity index (χ1n) is 4.43. The van der Waals surface area contributed by atoms with Gasteiger partial charge in [-0.1, -0.05) is 0 Å². The van der Waals surface area contributed by atoms with Crippen LogP contribution in [0.15, 0.2) is 45.6 Å². The van der Waals surface area contributed by atoms with Crippen LogP contribution in [0.2, 0.25) is 0 Å². The summed E-state index contributed by atoms with van der Waals surface area (Å²) < 4.78 is 5.95. The fourth-order valence-electron chi connectivity index (χ4n) is 1.20. The summed E-state index contributed by atoms with van der Waals surface area (Å²) in [4.78, 5) is 15.7. The van der Waals surface area contributed by atoms with Crippen LogP contribution < -0.4 is 0 Å². The van der Waals surface area contributed by atoms with E-state index in [0.717, 1.165) is 4.47 Å². The van der Waals surface area contributed by atoms with Gasteiger partial charge in [0.15, 0.2) is 5.78 Å². The second kappa shape index (κ2) is 4.40. The molecule has 0 aliphatic rings. The van der Waals surface area contributed by atoms with E-state index >= 15 is 0 Å². The zero-order valence-corrected chi connectivity index (χ0v) is 9.40. The summed E-state index contributed by atoms with van der Waals surface area (Å²) in [6, 6.07) is 7.02. The van der Waals surface area contributed by atoms with E-state index in [1.807, 2.05) is 0 Å². The fourth-order valence-corrected chi connectivity index (χ4v) is 1.44. The van der Waals surface area contributed by atoms with E-state index in [1.54, 1.807) is 36.7 Å². The lowest BCUT2D eigenvalue weighted by Crippen LogP contribution is -2.04. The lowest BCUT2D eigenvalue weighted by atomic mass is 10.1. The Bertz CT molecular complexity index is 448. The highest BCUT2D eigenvalue weighted by Gasteiger charge is 2.09. The lowest BCUT2D eigenvalue weighted by Gasteiger charge is -1.97. The van der Waals surface area contributed by atoms with Crippen molar-refractivity contribution >= 4 is 21.7 Å². The topological polar surface area (TPSA) is 43.1 Å². The molecule has 0 spiro atoms. The molecule has 0 unspecified atom stereocenters. The average Bonchev–Trinajstić information content (AvgIpc) is 2.71. The minimum Gasteiger partial charge on any atom is -0.469 e. The number of carbonyl (C=O) groups excluding carboxylic acids is 1. The number of hydrogen-bond acceptors (Lipinski definition) is 3. The van der Waals surface area contributed by atoms with Gasteiger partial charge in [-0.15, -0.1) is 0 Å². The highest BCUT2D eigenvalue weighted by atomic mass is 79.9. The van der Waals surface area contributed by atoms with E-state index in [1.165, 1.54) is 0 Å². The van der Waals surface area contributed by atoms with Crippen molar-refractivity contribution in [2.45, 2.75) is 6.42 Å². The molecule has 2 aromatic heterocycles. The van der Waals surface area contributed by atoms with Crippen LogP contribution in [0.5, 0.6) is 0 Å². The Hall–Kier alpha value is -1.42. The van der Waals surface area contributed by atoms with Crippen molar-refractivity contribution in [3.05, 3.63) is 52.7 Å². The first-order chi connectivity index (χ1) is 7.25. The molecular formula is C11H8BrNO2. The van der Waals surface area contributed by atoms with Crippen LogP contribution in [0.4, 0.5) is 0 Å². The largest absolute Gasteiger partial charge is 0.469 e. The van der Waals surface area contributed by atoms with Gasteiger partial charge in [0, 0.05) is 10.7 Å². The van der Waals surface area contributed by atoms with E-state index in [0.29, 0.717) is 11.5 Å². The van der Waals surface area contributed by atoms with Gasteiger partial charge >= 0.3 is 0 Å². The lowest BCUT2D eigenvalue weighted by molar-refractivity contribution is 0.0982. The Morgan fingerprint density at radius 1 is 1.40 bits per heavy atom. The zero-order valence-electron chi connectivity index (χ0n) is 7.81. The molecule has 3 nitrogen and oxygen atoms in total. The normalized spacial score (nSPS) is 10.2. The highest BCUT2D eigenvalue weighted by molar-refractivity contribution is 9.10. The summed E-state index contributed by atoms with van der Waals surface area (Å²) in [6.07, 6.45) is 3.41. The van der Waals surface area contributed by atoms with E-state index in [2.05, 4.69) is 20.9 Å². The molecule has 0 saturated carbocycles. The second-order valence-electron chi connectivity index (χ2n) is 3.04. The van der Waals surface area contributed by atoms with Gasteiger partial charge in [-0.3, -0.25) is 9.78 Å². The Morgan fingerprint density at radius 2 is 2.27 bits per heavy atom. The van der Waals surface area contributed by atoms with Crippen molar-refractivity contribution < 1.29 is 9.21 Å². The molecule has 0 N–H and O–H groups in total. The zero-order chi connectivity index (χ0) is 10.7. The Kier molecular flexibility index (Phi) is 2.97. The summed E-state index contributed by atoms with van der Waals surface area (Å²) in [5.74, 6) is 0.613. The third-order valence-corrected chi connectivity index (χ3v) is 2.40. The van der Waals surface area contributed by atoms with Crippen molar-refractivity contribution in [2.75, 3.05) is 0 Å². The van der Waals surface area contributed by atoms with Crippen LogP contribution in [0.3, 0.4) is 0 Å². The molecule has 0 aromatic carbocycles. The maximum atomic E-state index is 11.7. The number of rotatable bonds is 3. The van der Waals surface area contributed by atoms with Gasteiger partial charge in [0.25, 0.3) is 0 Å². The van der Waals surface area contributed by atoms with E-state index < -0.39 is 0 Å². The molecule has 0 aliphatic carbocycles. The standard InChI is InChI=1S/C11H8BrNO2/c12-8-3-4-10(13-7-8)11(14)6-9-2-1-5-15-9/h1-5,7H,6H2. The van der Waals surface area contributed by atoms with Crippen molar-refractivity contribution in [1.29, 1.82) is 0 Å². The van der Waals surface area contributed by atoms with Crippen LogP contribution in [0.1, 0.15) is 16.2 Å². The second-order valence-corrected chi connectivity index (χ2v) is 3.96. The van der Waals surface area contributed by atoms with Gasteiger partial charge in [-0.05, 0) is 40.2 Å². The molecule has 0 bridgehead atoms. The number of ketones is 1. The molecule has 0 aliphatic heterocycles. The quantitative estimate of drug-likeness (QED) is 0.802. The molecule has 0 atom stereocenters. The first-order valence-corrected chi connectivity index (χ1v) is 5.22. The Labute approximate surface area is 95.3 Å². The molecule has 0 saturated heterocycles. The van der Waals surface area contributed by atoms with Gasteiger partial charge in [0.1, 0.15) is 11.5 Å². The smallest absolute Gasteiger partial charge is 0.188 e. The predicted molar refractivity (Wildman–Crippen MR) is 58.7 cm³/mol. The number of furan rings is 1. The number of halogens is 1. The fraction of sp³-hybridized carbons (Fsp3) is 0.0909. The van der Waals surface area contributed by atoms with Crippen LogP contribution in [0, 0.1) is 0 Å². The summed E-state index contributed by atoms with van der Waals surface area (Å²) in [5, 5.41) is 0. The van der Waals surface area contributed by atoms with Gasteiger partial charge in [-0.2, -0.15) is 0 Å². The molecule has 2 heterocycles. The molecule has 2 aromatic rings. The van der Waals surface area contributed by atoms with Crippen LogP contribution >= 0.6 is 15.9 Å². The maximum absolute atomic E-state index is 11.7. The van der Waals surface area contributed by atoms with E-state index in [4.69, 9.17) is 4.42 Å². The summed E-state index contributed by atoms with van der Waals surface area (Å²) >= 11 is 3.26. The molecule has 0 fully saturated rings. The molecule has 2 rings (SSSR count). The Morgan fingerprint density at radius 3 is 2.87 bits per heavy atom. The molecule has 15 heavy (non-hydrogen) atoms. The third-order valence-electron chi connectivity index (χ3n) is 1.93. The van der Waals surface area contributed by atoms with Crippen LogP contribution in [0.25, 0.3) is 0 Å². The monoisotopic (exact) mass is 265 g/mol. The van der Waals surface area contributed by atoms with Crippen LogP contribution in [-0.4, -0.2) is 10.8 Å². The summed E-state index contributed by atoms with van der Waals surface area (Å²) in [5.41, 5.74) is 0.453. The molecule has 0 radical (unpaired) electrons. The van der Waals surface area contributed by atoms with Gasteiger partial charge in [-0.25, -0.2) is 0 Å². The first kappa shape index (κ1) is 10.1. The number of nitrogens with zero attached hydrogens (tertiary/aromatic N) is 1. The minimum atomic E-state index is -0.0440. The SMILES string of the molecule is O=C(Cc1ccco1)c1ccc(Br)cn1.